The van der Waals surface area contributed by atoms with Gasteiger partial charge >= 0.3 is 0 Å². The molecule has 0 aliphatic heterocycles. The Bertz CT molecular complexity index is 690. The Morgan fingerprint density at radius 3 is 2.82 bits per heavy atom. The number of ketones is 1. The zero-order valence-corrected chi connectivity index (χ0v) is 11.2. The largest absolute Gasteiger partial charge is 0.293 e. The van der Waals surface area contributed by atoms with E-state index in [1.165, 1.54) is 20.2 Å². The molecule has 17 heavy (non-hydrogen) atoms. The molecule has 3 aromatic rings. The number of Topliss-reactive ketones (excluding diaryl/α,β-unsaturated/α-hetero) is 1. The molecule has 0 radical (unpaired) electrons. The smallest absolute Gasteiger partial charge is 0.172 e. The molecule has 1 aromatic carbocycles. The van der Waals surface area contributed by atoms with Gasteiger partial charge in [0.2, 0.25) is 0 Å². The van der Waals surface area contributed by atoms with Crippen molar-refractivity contribution < 1.29 is 4.79 Å². The third kappa shape index (κ3) is 1.79. The molecule has 0 aliphatic rings. The summed E-state index contributed by atoms with van der Waals surface area (Å²) in [5, 5.41) is 4.61. The van der Waals surface area contributed by atoms with E-state index in [-0.39, 0.29) is 5.78 Å². The Morgan fingerprint density at radius 1 is 1.18 bits per heavy atom. The Hall–Kier alpha value is -1.19. The lowest BCUT2D eigenvalue weighted by Crippen LogP contribution is -1.93. The normalized spacial score (nSPS) is 11.4. The number of benzene rings is 1. The maximum absolute atomic E-state index is 11.9. The highest BCUT2D eigenvalue weighted by Crippen LogP contribution is 2.34. The highest BCUT2D eigenvalue weighted by Gasteiger charge is 2.11. The second-order valence-electron chi connectivity index (χ2n) is 4.09. The van der Waals surface area contributed by atoms with Gasteiger partial charge in [0.1, 0.15) is 0 Å². The zero-order chi connectivity index (χ0) is 11.8. The molecule has 0 spiro atoms. The number of hydrogen-bond acceptors (Lipinski definition) is 3. The summed E-state index contributed by atoms with van der Waals surface area (Å²) < 4.78 is 2.51. The summed E-state index contributed by atoms with van der Waals surface area (Å²) in [6.45, 7) is 2.04. The molecular weight excluding hydrogens is 248 g/mol. The van der Waals surface area contributed by atoms with Crippen molar-refractivity contribution in [1.29, 1.82) is 0 Å². The van der Waals surface area contributed by atoms with Crippen LogP contribution in [0.1, 0.15) is 29.4 Å². The average molecular weight is 260 g/mol. The van der Waals surface area contributed by atoms with Crippen LogP contribution in [0.3, 0.4) is 0 Å². The second kappa shape index (κ2) is 4.24. The van der Waals surface area contributed by atoms with Crippen molar-refractivity contribution in [2.45, 2.75) is 19.8 Å². The van der Waals surface area contributed by atoms with E-state index in [1.807, 2.05) is 6.92 Å². The Morgan fingerprint density at radius 2 is 2.00 bits per heavy atom. The minimum Gasteiger partial charge on any atom is -0.293 e. The molecule has 0 aliphatic carbocycles. The van der Waals surface area contributed by atoms with E-state index in [0.29, 0.717) is 6.42 Å². The molecule has 2 heterocycles. The molecule has 1 nitrogen and oxygen atoms in total. The Kier molecular flexibility index (Phi) is 2.73. The van der Waals surface area contributed by atoms with E-state index in [4.69, 9.17) is 0 Å². The molecule has 2 aromatic heterocycles. The monoisotopic (exact) mass is 260 g/mol. The Labute approximate surface area is 108 Å². The molecule has 0 atom stereocenters. The highest BCUT2D eigenvalue weighted by atomic mass is 32.1. The highest BCUT2D eigenvalue weighted by molar-refractivity contribution is 7.21. The molecule has 0 saturated carbocycles. The van der Waals surface area contributed by atoms with E-state index >= 15 is 0 Å². The zero-order valence-electron chi connectivity index (χ0n) is 9.53. The van der Waals surface area contributed by atoms with Gasteiger partial charge in [0.05, 0.1) is 4.88 Å². The van der Waals surface area contributed by atoms with Crippen LogP contribution in [0.5, 0.6) is 0 Å². The van der Waals surface area contributed by atoms with E-state index in [1.54, 1.807) is 22.7 Å². The number of carbonyl (C=O) groups excluding carboxylic acids is 1. The molecule has 0 unspecified atom stereocenters. The predicted octanol–water partition coefficient (Wildman–Crippen LogP) is 5.10. The van der Waals surface area contributed by atoms with Gasteiger partial charge in [-0.15, -0.1) is 22.7 Å². The molecule has 3 rings (SSSR count). The summed E-state index contributed by atoms with van der Waals surface area (Å²) in [4.78, 5) is 12.8. The van der Waals surface area contributed by atoms with E-state index in [9.17, 15) is 4.79 Å². The minimum atomic E-state index is 0.275. The fourth-order valence-corrected chi connectivity index (χ4v) is 3.90. The third-order valence-corrected chi connectivity index (χ3v) is 4.91. The van der Waals surface area contributed by atoms with Crippen molar-refractivity contribution in [2.24, 2.45) is 0 Å². The Balaban J connectivity index is 2.20. The van der Waals surface area contributed by atoms with Crippen molar-refractivity contribution in [3.63, 3.8) is 0 Å². The van der Waals surface area contributed by atoms with Crippen LogP contribution in [-0.2, 0) is 0 Å². The van der Waals surface area contributed by atoms with Crippen LogP contribution in [0.25, 0.3) is 20.2 Å². The van der Waals surface area contributed by atoms with Crippen LogP contribution in [-0.4, -0.2) is 5.78 Å². The van der Waals surface area contributed by atoms with Gasteiger partial charge in [-0.1, -0.05) is 6.92 Å². The molecule has 0 saturated heterocycles. The molecule has 0 amide bonds. The van der Waals surface area contributed by atoms with Crippen LogP contribution in [0, 0.1) is 0 Å². The number of carbonyl (C=O) groups is 1. The van der Waals surface area contributed by atoms with Gasteiger partial charge in [0.15, 0.2) is 5.78 Å². The SMILES string of the molecule is CCCC(=O)c1cc2c(ccc3sccc32)s1. The van der Waals surface area contributed by atoms with Crippen LogP contribution >= 0.6 is 22.7 Å². The van der Waals surface area contributed by atoms with Gasteiger partial charge in [0.25, 0.3) is 0 Å². The number of hydrogen-bond donors (Lipinski definition) is 0. The van der Waals surface area contributed by atoms with E-state index < -0.39 is 0 Å². The van der Waals surface area contributed by atoms with Gasteiger partial charge in [-0.2, -0.15) is 0 Å². The third-order valence-electron chi connectivity index (χ3n) is 2.88. The first-order valence-corrected chi connectivity index (χ1v) is 7.42. The second-order valence-corrected chi connectivity index (χ2v) is 6.13. The summed E-state index contributed by atoms with van der Waals surface area (Å²) in [5.41, 5.74) is 0. The van der Waals surface area contributed by atoms with E-state index in [2.05, 4.69) is 29.6 Å². The number of thiophene rings is 2. The van der Waals surface area contributed by atoms with E-state index in [0.717, 1.165) is 11.3 Å². The van der Waals surface area contributed by atoms with Gasteiger partial charge in [0, 0.05) is 26.6 Å². The van der Waals surface area contributed by atoms with Crippen LogP contribution in [0.4, 0.5) is 0 Å². The lowest BCUT2D eigenvalue weighted by molar-refractivity contribution is 0.0985. The van der Waals surface area contributed by atoms with Crippen molar-refractivity contribution in [3.05, 3.63) is 34.5 Å². The standard InChI is InChI=1S/C14H12OS2/c1-2-3-11(15)14-8-10-9-6-7-16-12(9)4-5-13(10)17-14/h4-8H,2-3H2,1H3. The van der Waals surface area contributed by atoms with Crippen LogP contribution < -0.4 is 0 Å². The number of rotatable bonds is 3. The first-order valence-electron chi connectivity index (χ1n) is 5.72. The first-order chi connectivity index (χ1) is 8.29. The average Bonchev–Trinajstić information content (AvgIpc) is 2.94. The molecule has 86 valence electrons. The lowest BCUT2D eigenvalue weighted by Gasteiger charge is -1.91. The summed E-state index contributed by atoms with van der Waals surface area (Å²) in [6, 6.07) is 8.48. The summed E-state index contributed by atoms with van der Waals surface area (Å²) >= 11 is 3.37. The topological polar surface area (TPSA) is 17.1 Å². The van der Waals surface area contributed by atoms with Crippen molar-refractivity contribution in [3.8, 4) is 0 Å². The predicted molar refractivity (Wildman–Crippen MR) is 76.4 cm³/mol. The van der Waals surface area contributed by atoms with Crippen molar-refractivity contribution in [1.82, 2.24) is 0 Å². The molecule has 3 heteroatoms. The van der Waals surface area contributed by atoms with Crippen LogP contribution in [0.15, 0.2) is 29.6 Å². The lowest BCUT2D eigenvalue weighted by atomic mass is 10.1. The fourth-order valence-electron chi connectivity index (χ4n) is 2.05. The maximum atomic E-state index is 11.9. The van der Waals surface area contributed by atoms with Crippen molar-refractivity contribution >= 4 is 48.6 Å². The maximum Gasteiger partial charge on any atom is 0.172 e. The fraction of sp³-hybridized carbons (Fsp3) is 0.214. The molecule has 0 bridgehead atoms. The van der Waals surface area contributed by atoms with Gasteiger partial charge in [-0.25, -0.2) is 0 Å². The van der Waals surface area contributed by atoms with Gasteiger partial charge in [-0.05, 0) is 36.1 Å². The first kappa shape index (κ1) is 10.9. The minimum absolute atomic E-state index is 0.275. The van der Waals surface area contributed by atoms with Crippen LogP contribution in [0.2, 0.25) is 0 Å². The molecule has 0 N–H and O–H groups in total. The number of fused-ring (bicyclic) bond motifs is 3. The summed E-state index contributed by atoms with van der Waals surface area (Å²) in [7, 11) is 0. The summed E-state index contributed by atoms with van der Waals surface area (Å²) in [6.07, 6.45) is 1.57. The quantitative estimate of drug-likeness (QED) is 0.599. The van der Waals surface area contributed by atoms with Gasteiger partial charge < -0.3 is 0 Å². The molecule has 0 fully saturated rings. The van der Waals surface area contributed by atoms with Gasteiger partial charge in [-0.3, -0.25) is 4.79 Å². The van der Waals surface area contributed by atoms with Crippen molar-refractivity contribution in [2.75, 3.05) is 0 Å². The summed E-state index contributed by atoms with van der Waals surface area (Å²) in [5.74, 6) is 0.275. The molecular formula is C14H12OS2.